The van der Waals surface area contributed by atoms with Crippen LogP contribution in [0.25, 0.3) is 0 Å². The van der Waals surface area contributed by atoms with Gasteiger partial charge in [-0.1, -0.05) is 12.5 Å². The van der Waals surface area contributed by atoms with E-state index in [1.807, 2.05) is 6.08 Å². The number of ether oxygens (including phenoxy) is 2. The van der Waals surface area contributed by atoms with Crippen molar-refractivity contribution in [3.05, 3.63) is 41.7 Å². The lowest BCUT2D eigenvalue weighted by atomic mass is 9.51. The van der Waals surface area contributed by atoms with E-state index in [1.54, 1.807) is 0 Å². The first-order valence-electron chi connectivity index (χ1n) is 12.3. The van der Waals surface area contributed by atoms with Crippen LogP contribution in [0.3, 0.4) is 0 Å². The van der Waals surface area contributed by atoms with Crippen LogP contribution in [0.5, 0.6) is 5.75 Å². The summed E-state index contributed by atoms with van der Waals surface area (Å²) in [6.07, 6.45) is 11.2. The molecule has 0 bridgehead atoms. The molecule has 172 valence electrons. The molecule has 0 amide bonds. The van der Waals surface area contributed by atoms with Crippen LogP contribution in [0.4, 0.5) is 4.39 Å². The Labute approximate surface area is 189 Å². The van der Waals surface area contributed by atoms with Crippen molar-refractivity contribution in [3.8, 4) is 5.75 Å². The van der Waals surface area contributed by atoms with Gasteiger partial charge in [0.2, 0.25) is 0 Å². The Balaban J connectivity index is 1.25. The molecule has 5 heteroatoms. The summed E-state index contributed by atoms with van der Waals surface area (Å²) in [7, 11) is 0. The van der Waals surface area contributed by atoms with Gasteiger partial charge in [-0.2, -0.15) is 0 Å². The van der Waals surface area contributed by atoms with Gasteiger partial charge in [0.25, 0.3) is 0 Å². The molecule has 3 saturated carbocycles. The van der Waals surface area contributed by atoms with Crippen LogP contribution in [0.15, 0.2) is 35.9 Å². The molecule has 0 aromatic heterocycles. The Hall–Kier alpha value is -2.17. The fourth-order valence-corrected chi connectivity index (χ4v) is 7.65. The number of benzene rings is 1. The first-order chi connectivity index (χ1) is 15.5. The van der Waals surface area contributed by atoms with Crippen molar-refractivity contribution in [3.63, 3.8) is 0 Å². The van der Waals surface area contributed by atoms with E-state index in [1.165, 1.54) is 42.7 Å². The van der Waals surface area contributed by atoms with E-state index in [0.29, 0.717) is 41.6 Å². The van der Waals surface area contributed by atoms with Crippen molar-refractivity contribution in [1.82, 2.24) is 0 Å². The van der Waals surface area contributed by atoms with Gasteiger partial charge < -0.3 is 9.47 Å². The largest absolute Gasteiger partial charge is 0.482 e. The normalized spacial score (nSPS) is 35.9. The quantitative estimate of drug-likeness (QED) is 0.556. The van der Waals surface area contributed by atoms with Crippen molar-refractivity contribution in [1.29, 1.82) is 0 Å². The predicted molar refractivity (Wildman–Crippen MR) is 118 cm³/mol. The van der Waals surface area contributed by atoms with Crippen molar-refractivity contribution in [2.75, 3.05) is 6.61 Å². The highest BCUT2D eigenvalue weighted by atomic mass is 19.1. The number of rotatable bonds is 5. The zero-order chi connectivity index (χ0) is 22.3. The standard InChI is InChI=1S/C27H33FO4/c1-2-27-14-13-22-21-10-6-19(29)15-17(21)3-9-23(22)24(27)11-12-25(27)32-26(30)16-31-20-7-4-18(28)5-8-20/h4-5,7-8,15,21-25H,2-3,6,9-14,16H2,1H3. The van der Waals surface area contributed by atoms with Crippen LogP contribution in [0.1, 0.15) is 64.7 Å². The monoisotopic (exact) mass is 440 g/mol. The molecule has 1 aromatic carbocycles. The second-order valence-corrected chi connectivity index (χ2v) is 10.2. The molecule has 0 spiro atoms. The molecule has 0 radical (unpaired) electrons. The van der Waals surface area contributed by atoms with Crippen LogP contribution in [0, 0.1) is 34.9 Å². The number of hydrogen-bond acceptors (Lipinski definition) is 4. The van der Waals surface area contributed by atoms with Crippen LogP contribution in [-0.4, -0.2) is 24.5 Å². The molecule has 32 heavy (non-hydrogen) atoms. The number of carbonyl (C=O) groups is 2. The summed E-state index contributed by atoms with van der Waals surface area (Å²) in [5.74, 6) is 2.66. The van der Waals surface area contributed by atoms with Gasteiger partial charge in [0.05, 0.1) is 0 Å². The minimum Gasteiger partial charge on any atom is -0.482 e. The topological polar surface area (TPSA) is 52.6 Å². The Morgan fingerprint density at radius 3 is 2.66 bits per heavy atom. The molecule has 3 fully saturated rings. The predicted octanol–water partition coefficient (Wildman–Crippen LogP) is 5.65. The molecule has 0 heterocycles. The first kappa shape index (κ1) is 21.7. The maximum Gasteiger partial charge on any atom is 0.344 e. The Morgan fingerprint density at radius 2 is 1.88 bits per heavy atom. The molecule has 4 aliphatic carbocycles. The lowest BCUT2D eigenvalue weighted by molar-refractivity contribution is -0.163. The van der Waals surface area contributed by atoms with Gasteiger partial charge in [-0.25, -0.2) is 9.18 Å². The van der Waals surface area contributed by atoms with Crippen molar-refractivity contribution in [2.45, 2.75) is 70.8 Å². The summed E-state index contributed by atoms with van der Waals surface area (Å²) in [5.41, 5.74) is 1.48. The second kappa shape index (κ2) is 8.64. The SMILES string of the molecule is CCC12CCC3C4CCC(=O)C=C4CCC3C1CCC2OC(=O)COc1ccc(F)cc1. The third-order valence-corrected chi connectivity index (χ3v) is 9.04. The highest BCUT2D eigenvalue weighted by molar-refractivity contribution is 5.91. The van der Waals surface area contributed by atoms with Gasteiger partial charge in [0.1, 0.15) is 17.7 Å². The molecule has 4 nitrogen and oxygen atoms in total. The van der Waals surface area contributed by atoms with Gasteiger partial charge in [-0.05, 0) is 105 Å². The smallest absolute Gasteiger partial charge is 0.344 e. The molecule has 6 unspecified atom stereocenters. The lowest BCUT2D eigenvalue weighted by Crippen LogP contribution is -2.49. The van der Waals surface area contributed by atoms with E-state index >= 15 is 0 Å². The molecule has 0 aliphatic heterocycles. The molecule has 0 N–H and O–H groups in total. The van der Waals surface area contributed by atoms with E-state index in [-0.39, 0.29) is 29.9 Å². The van der Waals surface area contributed by atoms with Gasteiger partial charge in [-0.3, -0.25) is 4.79 Å². The van der Waals surface area contributed by atoms with Crippen LogP contribution < -0.4 is 4.74 Å². The van der Waals surface area contributed by atoms with Crippen LogP contribution in [-0.2, 0) is 14.3 Å². The van der Waals surface area contributed by atoms with Crippen molar-refractivity contribution < 1.29 is 23.5 Å². The van der Waals surface area contributed by atoms with Crippen molar-refractivity contribution >= 4 is 11.8 Å². The number of hydrogen-bond donors (Lipinski definition) is 0. The number of allylic oxidation sites excluding steroid dienone is 1. The Bertz CT molecular complexity index is 907. The summed E-state index contributed by atoms with van der Waals surface area (Å²) in [6, 6.07) is 5.68. The number of carbonyl (C=O) groups excluding carboxylic acids is 2. The number of ketones is 1. The zero-order valence-corrected chi connectivity index (χ0v) is 18.9. The van der Waals surface area contributed by atoms with E-state index in [2.05, 4.69) is 6.92 Å². The molecular weight excluding hydrogens is 407 g/mol. The molecule has 4 aliphatic rings. The minimum absolute atomic E-state index is 0.0485. The van der Waals surface area contributed by atoms with Gasteiger partial charge in [0, 0.05) is 11.8 Å². The third kappa shape index (κ3) is 3.78. The van der Waals surface area contributed by atoms with Gasteiger partial charge in [0.15, 0.2) is 12.4 Å². The summed E-state index contributed by atoms with van der Waals surface area (Å²) < 4.78 is 24.6. The summed E-state index contributed by atoms with van der Waals surface area (Å²) in [4.78, 5) is 24.5. The molecule has 0 saturated heterocycles. The maximum atomic E-state index is 13.1. The second-order valence-electron chi connectivity index (χ2n) is 10.2. The number of fused-ring (bicyclic) bond motifs is 5. The first-order valence-corrected chi connectivity index (χ1v) is 12.3. The van der Waals surface area contributed by atoms with E-state index in [9.17, 15) is 14.0 Å². The lowest BCUT2D eigenvalue weighted by Gasteiger charge is -2.54. The minimum atomic E-state index is -0.338. The summed E-state index contributed by atoms with van der Waals surface area (Å²) >= 11 is 0. The fourth-order valence-electron chi connectivity index (χ4n) is 7.65. The fraction of sp³-hybridized carbons (Fsp3) is 0.630. The number of halogens is 1. The summed E-state index contributed by atoms with van der Waals surface area (Å²) in [5, 5.41) is 0. The average Bonchev–Trinajstić information content (AvgIpc) is 3.17. The van der Waals surface area contributed by atoms with Crippen LogP contribution >= 0.6 is 0 Å². The van der Waals surface area contributed by atoms with Crippen LogP contribution in [0.2, 0.25) is 0 Å². The maximum absolute atomic E-state index is 13.1. The third-order valence-electron chi connectivity index (χ3n) is 9.04. The van der Waals surface area contributed by atoms with Gasteiger partial charge in [-0.15, -0.1) is 0 Å². The van der Waals surface area contributed by atoms with E-state index < -0.39 is 0 Å². The molecule has 6 atom stereocenters. The van der Waals surface area contributed by atoms with Gasteiger partial charge >= 0.3 is 5.97 Å². The zero-order valence-electron chi connectivity index (χ0n) is 18.9. The molecule has 5 rings (SSSR count). The molecule has 1 aromatic rings. The Kier molecular flexibility index (Phi) is 5.85. The molecular formula is C27H33FO4. The Morgan fingerprint density at radius 1 is 1.06 bits per heavy atom. The average molecular weight is 441 g/mol. The summed E-state index contributed by atoms with van der Waals surface area (Å²) in [6.45, 7) is 2.10. The highest BCUT2D eigenvalue weighted by Gasteiger charge is 2.58. The van der Waals surface area contributed by atoms with E-state index in [4.69, 9.17) is 9.47 Å². The van der Waals surface area contributed by atoms with Crippen molar-refractivity contribution in [2.24, 2.45) is 29.1 Å². The number of esters is 1. The highest BCUT2D eigenvalue weighted by Crippen LogP contribution is 2.63. The van der Waals surface area contributed by atoms with E-state index in [0.717, 1.165) is 38.5 Å².